The topological polar surface area (TPSA) is 73.9 Å². The zero-order valence-electron chi connectivity index (χ0n) is 11.3. The van der Waals surface area contributed by atoms with Crippen molar-refractivity contribution in [2.24, 2.45) is 0 Å². The molecule has 6 nitrogen and oxygen atoms in total. The molecule has 0 rings (SSSR count). The normalized spacial score (nSPS) is 9.68. The number of amides is 1. The first-order chi connectivity index (χ1) is 9.20. The molecule has 0 aromatic rings. The van der Waals surface area contributed by atoms with Crippen LogP contribution < -0.4 is 5.32 Å². The quantitative estimate of drug-likeness (QED) is 0.328. The van der Waals surface area contributed by atoms with Gasteiger partial charge in [0.15, 0.2) is 6.61 Å². The lowest BCUT2D eigenvalue weighted by Crippen LogP contribution is -2.27. The third-order valence-electron chi connectivity index (χ3n) is 2.10. The molecule has 0 heterocycles. The second-order valence-electron chi connectivity index (χ2n) is 3.67. The van der Waals surface area contributed by atoms with Crippen molar-refractivity contribution in [1.29, 1.82) is 0 Å². The Labute approximate surface area is 113 Å². The molecule has 0 fully saturated rings. The van der Waals surface area contributed by atoms with Crippen molar-refractivity contribution in [3.05, 3.63) is 0 Å². The minimum Gasteiger partial charge on any atom is -0.452 e. The zero-order valence-corrected chi connectivity index (χ0v) is 11.3. The minimum atomic E-state index is -0.381. The molecule has 0 saturated carbocycles. The Morgan fingerprint density at radius 3 is 2.68 bits per heavy atom. The van der Waals surface area contributed by atoms with Crippen LogP contribution in [-0.4, -0.2) is 52.0 Å². The number of methoxy groups -OCH3 is 1. The SMILES string of the molecule is C#CCOC(=O)CCCC(=O)NCCOCCOC. The van der Waals surface area contributed by atoms with Crippen molar-refractivity contribution in [1.82, 2.24) is 5.32 Å². The van der Waals surface area contributed by atoms with Crippen molar-refractivity contribution >= 4 is 11.9 Å². The van der Waals surface area contributed by atoms with Crippen LogP contribution in [0.4, 0.5) is 0 Å². The molecular weight excluding hydrogens is 250 g/mol. The minimum absolute atomic E-state index is 0.0240. The summed E-state index contributed by atoms with van der Waals surface area (Å²) < 4.78 is 14.7. The monoisotopic (exact) mass is 271 g/mol. The predicted molar refractivity (Wildman–Crippen MR) is 69.3 cm³/mol. The van der Waals surface area contributed by atoms with E-state index in [0.717, 1.165) is 0 Å². The van der Waals surface area contributed by atoms with Gasteiger partial charge in [-0.25, -0.2) is 0 Å². The van der Waals surface area contributed by atoms with Crippen LogP contribution in [0.25, 0.3) is 0 Å². The van der Waals surface area contributed by atoms with Crippen LogP contribution in [0.2, 0.25) is 0 Å². The number of terminal acetylenes is 1. The van der Waals surface area contributed by atoms with Gasteiger partial charge in [-0.1, -0.05) is 5.92 Å². The largest absolute Gasteiger partial charge is 0.452 e. The highest BCUT2D eigenvalue weighted by atomic mass is 16.5. The summed E-state index contributed by atoms with van der Waals surface area (Å²) in [6.07, 6.45) is 5.86. The van der Waals surface area contributed by atoms with E-state index in [4.69, 9.17) is 15.9 Å². The lowest BCUT2D eigenvalue weighted by atomic mass is 10.2. The number of carbonyl (C=O) groups is 2. The van der Waals surface area contributed by atoms with E-state index in [1.807, 2.05) is 0 Å². The Kier molecular flexibility index (Phi) is 11.8. The Hall–Kier alpha value is -1.58. The Balaban J connectivity index is 3.35. The second-order valence-corrected chi connectivity index (χ2v) is 3.67. The summed E-state index contributed by atoms with van der Waals surface area (Å²) in [5.41, 5.74) is 0. The van der Waals surface area contributed by atoms with Gasteiger partial charge in [-0.2, -0.15) is 0 Å². The van der Waals surface area contributed by atoms with Gasteiger partial charge in [-0.15, -0.1) is 6.42 Å². The number of rotatable bonds is 11. The predicted octanol–water partition coefficient (Wildman–Crippen LogP) is 0.112. The lowest BCUT2D eigenvalue weighted by molar-refractivity contribution is -0.142. The van der Waals surface area contributed by atoms with E-state index in [0.29, 0.717) is 32.8 Å². The fraction of sp³-hybridized carbons (Fsp3) is 0.692. The van der Waals surface area contributed by atoms with Crippen molar-refractivity contribution in [2.45, 2.75) is 19.3 Å². The molecule has 0 aromatic heterocycles. The fourth-order valence-corrected chi connectivity index (χ4v) is 1.18. The van der Waals surface area contributed by atoms with E-state index in [1.165, 1.54) is 0 Å². The molecule has 0 unspecified atom stereocenters. The molecule has 0 spiro atoms. The first-order valence-electron chi connectivity index (χ1n) is 6.13. The number of hydrogen-bond donors (Lipinski definition) is 1. The van der Waals surface area contributed by atoms with Crippen molar-refractivity contribution in [2.75, 3.05) is 40.1 Å². The summed E-state index contributed by atoms with van der Waals surface area (Å²) >= 11 is 0. The fourth-order valence-electron chi connectivity index (χ4n) is 1.18. The van der Waals surface area contributed by atoms with Gasteiger partial charge >= 0.3 is 5.97 Å². The summed E-state index contributed by atoms with van der Waals surface area (Å²) in [5, 5.41) is 2.69. The van der Waals surface area contributed by atoms with E-state index in [9.17, 15) is 9.59 Å². The van der Waals surface area contributed by atoms with Gasteiger partial charge in [-0.05, 0) is 6.42 Å². The summed E-state index contributed by atoms with van der Waals surface area (Å²) in [5.74, 6) is 1.71. The Morgan fingerprint density at radius 1 is 1.21 bits per heavy atom. The smallest absolute Gasteiger partial charge is 0.306 e. The number of nitrogens with one attached hydrogen (secondary N) is 1. The van der Waals surface area contributed by atoms with Crippen LogP contribution in [0.15, 0.2) is 0 Å². The maximum Gasteiger partial charge on any atom is 0.306 e. The molecule has 0 bridgehead atoms. The van der Waals surface area contributed by atoms with Crippen LogP contribution in [0.1, 0.15) is 19.3 Å². The molecule has 6 heteroatoms. The van der Waals surface area contributed by atoms with Gasteiger partial charge in [0, 0.05) is 26.5 Å². The molecule has 0 aliphatic carbocycles. The summed E-state index contributed by atoms with van der Waals surface area (Å²) in [6, 6.07) is 0. The van der Waals surface area contributed by atoms with E-state index < -0.39 is 0 Å². The standard InChI is InChI=1S/C13H21NO5/c1-3-8-19-13(16)6-4-5-12(15)14-7-9-18-11-10-17-2/h1H,4-11H2,2H3,(H,14,15). The number of esters is 1. The summed E-state index contributed by atoms with van der Waals surface area (Å²) in [7, 11) is 1.60. The van der Waals surface area contributed by atoms with E-state index >= 15 is 0 Å². The first-order valence-corrected chi connectivity index (χ1v) is 6.13. The van der Waals surface area contributed by atoms with Gasteiger partial charge in [0.25, 0.3) is 0 Å². The summed E-state index contributed by atoms with van der Waals surface area (Å²) in [6.45, 7) is 1.91. The van der Waals surface area contributed by atoms with Crippen LogP contribution in [0.3, 0.4) is 0 Å². The molecule has 0 saturated heterocycles. The molecule has 19 heavy (non-hydrogen) atoms. The molecular formula is C13H21NO5. The molecule has 1 amide bonds. The van der Waals surface area contributed by atoms with Crippen molar-refractivity contribution in [3.8, 4) is 12.3 Å². The molecule has 0 aliphatic rings. The summed E-state index contributed by atoms with van der Waals surface area (Å²) in [4.78, 5) is 22.4. The average molecular weight is 271 g/mol. The van der Waals surface area contributed by atoms with Crippen LogP contribution >= 0.6 is 0 Å². The highest BCUT2D eigenvalue weighted by Crippen LogP contribution is 1.97. The van der Waals surface area contributed by atoms with Gasteiger partial charge in [-0.3, -0.25) is 9.59 Å². The highest BCUT2D eigenvalue weighted by molar-refractivity contribution is 5.77. The van der Waals surface area contributed by atoms with Gasteiger partial charge in [0.2, 0.25) is 5.91 Å². The molecule has 0 aliphatic heterocycles. The zero-order chi connectivity index (χ0) is 14.3. The van der Waals surface area contributed by atoms with Gasteiger partial charge in [0.05, 0.1) is 19.8 Å². The highest BCUT2D eigenvalue weighted by Gasteiger charge is 2.05. The number of hydrogen-bond acceptors (Lipinski definition) is 5. The number of ether oxygens (including phenoxy) is 3. The Morgan fingerprint density at radius 2 is 2.00 bits per heavy atom. The van der Waals surface area contributed by atoms with E-state index in [-0.39, 0.29) is 31.3 Å². The van der Waals surface area contributed by atoms with Crippen molar-refractivity contribution < 1.29 is 23.8 Å². The molecule has 0 aromatic carbocycles. The average Bonchev–Trinajstić information content (AvgIpc) is 2.40. The van der Waals surface area contributed by atoms with E-state index in [1.54, 1.807) is 7.11 Å². The lowest BCUT2D eigenvalue weighted by Gasteiger charge is -2.06. The van der Waals surface area contributed by atoms with Crippen LogP contribution in [0.5, 0.6) is 0 Å². The van der Waals surface area contributed by atoms with Crippen LogP contribution in [-0.2, 0) is 23.8 Å². The van der Waals surface area contributed by atoms with Crippen molar-refractivity contribution in [3.63, 3.8) is 0 Å². The third kappa shape index (κ3) is 12.7. The second kappa shape index (κ2) is 12.9. The molecule has 1 N–H and O–H groups in total. The maximum absolute atomic E-state index is 11.4. The van der Waals surface area contributed by atoms with Gasteiger partial charge < -0.3 is 19.5 Å². The van der Waals surface area contributed by atoms with Crippen LogP contribution in [0, 0.1) is 12.3 Å². The maximum atomic E-state index is 11.4. The molecule has 108 valence electrons. The molecule has 0 radical (unpaired) electrons. The molecule has 0 atom stereocenters. The number of carbonyl (C=O) groups excluding carboxylic acids is 2. The third-order valence-corrected chi connectivity index (χ3v) is 2.10. The first kappa shape index (κ1) is 17.4. The van der Waals surface area contributed by atoms with E-state index in [2.05, 4.69) is 16.0 Å². The Bertz CT molecular complexity index is 298. The van der Waals surface area contributed by atoms with Gasteiger partial charge in [0.1, 0.15) is 0 Å².